The summed E-state index contributed by atoms with van der Waals surface area (Å²) in [6, 6.07) is 7.28. The molecule has 6 heteroatoms. The van der Waals surface area contributed by atoms with E-state index in [4.69, 9.17) is 37.8 Å². The quantitative estimate of drug-likeness (QED) is 0.892. The summed E-state index contributed by atoms with van der Waals surface area (Å²) in [6.45, 7) is -0.0339. The van der Waals surface area contributed by atoms with Crippen LogP contribution in [-0.2, 0) is 13.2 Å². The van der Waals surface area contributed by atoms with E-state index in [-0.39, 0.29) is 18.2 Å². The number of benzene rings is 2. The summed E-state index contributed by atoms with van der Waals surface area (Å²) in [5.74, 6) is 0.341. The molecule has 0 bridgehead atoms. The maximum atomic E-state index is 13.0. The van der Waals surface area contributed by atoms with Gasteiger partial charge in [-0.25, -0.2) is 4.39 Å². The Balaban J connectivity index is 2.23. The Morgan fingerprint density at radius 1 is 1.14 bits per heavy atom. The molecule has 0 aliphatic heterocycles. The molecule has 0 saturated heterocycles. The first-order valence-corrected chi connectivity index (χ1v) is 6.84. The first kappa shape index (κ1) is 15.9. The lowest BCUT2D eigenvalue weighted by atomic mass is 10.2. The van der Waals surface area contributed by atoms with Gasteiger partial charge < -0.3 is 14.6 Å². The van der Waals surface area contributed by atoms with Gasteiger partial charge >= 0.3 is 0 Å². The summed E-state index contributed by atoms with van der Waals surface area (Å²) < 4.78 is 23.8. The number of hydrogen-bond acceptors (Lipinski definition) is 3. The van der Waals surface area contributed by atoms with Crippen LogP contribution < -0.4 is 9.47 Å². The van der Waals surface area contributed by atoms with Crippen LogP contribution in [0.4, 0.5) is 4.39 Å². The van der Waals surface area contributed by atoms with Crippen LogP contribution in [0.3, 0.4) is 0 Å². The number of halogens is 3. The molecule has 0 aliphatic carbocycles. The third-order valence-corrected chi connectivity index (χ3v) is 3.49. The second-order valence-corrected chi connectivity index (χ2v) is 5.11. The summed E-state index contributed by atoms with van der Waals surface area (Å²) >= 11 is 12.1. The van der Waals surface area contributed by atoms with Gasteiger partial charge in [-0.1, -0.05) is 29.3 Å². The predicted molar refractivity (Wildman–Crippen MR) is 79.7 cm³/mol. The Bertz CT molecular complexity index is 647. The van der Waals surface area contributed by atoms with Crippen molar-refractivity contribution < 1.29 is 19.0 Å². The lowest BCUT2D eigenvalue weighted by Crippen LogP contribution is -2.00. The third kappa shape index (κ3) is 3.79. The SMILES string of the molecule is COc1cc(CO)cc(Cl)c1OCc1ccc(F)cc1Cl. The van der Waals surface area contributed by atoms with Crippen LogP contribution >= 0.6 is 23.2 Å². The Labute approximate surface area is 131 Å². The molecule has 0 saturated carbocycles. The highest BCUT2D eigenvalue weighted by molar-refractivity contribution is 6.32. The fourth-order valence-electron chi connectivity index (χ4n) is 1.79. The molecule has 21 heavy (non-hydrogen) atoms. The van der Waals surface area contributed by atoms with Crippen LogP contribution in [0, 0.1) is 5.82 Å². The number of aliphatic hydroxyl groups is 1. The molecule has 0 heterocycles. The molecule has 0 radical (unpaired) electrons. The smallest absolute Gasteiger partial charge is 0.180 e. The zero-order chi connectivity index (χ0) is 15.4. The van der Waals surface area contributed by atoms with Crippen LogP contribution in [0.1, 0.15) is 11.1 Å². The topological polar surface area (TPSA) is 38.7 Å². The maximum absolute atomic E-state index is 13.0. The minimum absolute atomic E-state index is 0.119. The summed E-state index contributed by atoms with van der Waals surface area (Å²) in [7, 11) is 1.48. The van der Waals surface area contributed by atoms with Crippen LogP contribution in [0.2, 0.25) is 10.0 Å². The zero-order valence-corrected chi connectivity index (χ0v) is 12.7. The highest BCUT2D eigenvalue weighted by atomic mass is 35.5. The van der Waals surface area contributed by atoms with Crippen molar-refractivity contribution >= 4 is 23.2 Å². The molecule has 2 aromatic rings. The van der Waals surface area contributed by atoms with E-state index >= 15 is 0 Å². The van der Waals surface area contributed by atoms with E-state index in [2.05, 4.69) is 0 Å². The van der Waals surface area contributed by atoms with E-state index in [0.29, 0.717) is 27.6 Å². The molecule has 1 N–H and O–H groups in total. The summed E-state index contributed by atoms with van der Waals surface area (Å²) in [5.41, 5.74) is 1.24. The second-order valence-electron chi connectivity index (χ2n) is 4.29. The molecule has 112 valence electrons. The van der Waals surface area contributed by atoms with E-state index in [1.807, 2.05) is 0 Å². The average molecular weight is 331 g/mol. The Morgan fingerprint density at radius 3 is 2.52 bits per heavy atom. The van der Waals surface area contributed by atoms with Gasteiger partial charge in [0.2, 0.25) is 0 Å². The van der Waals surface area contributed by atoms with Crippen molar-refractivity contribution in [3.63, 3.8) is 0 Å². The number of rotatable bonds is 5. The standard InChI is InChI=1S/C15H13Cl2FO3/c1-20-14-5-9(7-19)4-13(17)15(14)21-8-10-2-3-11(18)6-12(10)16/h2-6,19H,7-8H2,1H3. The Kier molecular flexibility index (Phi) is 5.28. The molecule has 3 nitrogen and oxygen atoms in total. The molecule has 2 aromatic carbocycles. The summed E-state index contributed by atoms with van der Waals surface area (Å²) in [4.78, 5) is 0. The minimum Gasteiger partial charge on any atom is -0.493 e. The van der Waals surface area contributed by atoms with E-state index in [9.17, 15) is 4.39 Å². The number of aliphatic hydroxyl groups excluding tert-OH is 1. The molecule has 0 aromatic heterocycles. The molecule has 0 spiro atoms. The van der Waals surface area contributed by atoms with Crippen LogP contribution in [-0.4, -0.2) is 12.2 Å². The highest BCUT2D eigenvalue weighted by Gasteiger charge is 2.13. The fraction of sp³-hybridized carbons (Fsp3) is 0.200. The van der Waals surface area contributed by atoms with Crippen molar-refractivity contribution in [1.29, 1.82) is 0 Å². The van der Waals surface area contributed by atoms with Gasteiger partial charge in [0.25, 0.3) is 0 Å². The van der Waals surface area contributed by atoms with Crippen molar-refractivity contribution in [3.05, 3.63) is 57.3 Å². The van der Waals surface area contributed by atoms with Crippen LogP contribution in [0.15, 0.2) is 30.3 Å². The molecular formula is C15H13Cl2FO3. The van der Waals surface area contributed by atoms with E-state index in [0.717, 1.165) is 0 Å². The minimum atomic E-state index is -0.410. The van der Waals surface area contributed by atoms with Crippen molar-refractivity contribution in [2.45, 2.75) is 13.2 Å². The van der Waals surface area contributed by atoms with Gasteiger partial charge in [-0.3, -0.25) is 0 Å². The number of methoxy groups -OCH3 is 1. The second kappa shape index (κ2) is 6.98. The summed E-state index contributed by atoms with van der Waals surface area (Å²) in [6.07, 6.45) is 0. The van der Waals surface area contributed by atoms with Crippen molar-refractivity contribution in [2.75, 3.05) is 7.11 Å². The van der Waals surface area contributed by atoms with Gasteiger partial charge in [0.05, 0.1) is 23.8 Å². The monoisotopic (exact) mass is 330 g/mol. The van der Waals surface area contributed by atoms with E-state index in [1.54, 1.807) is 18.2 Å². The van der Waals surface area contributed by atoms with Crippen molar-refractivity contribution in [1.82, 2.24) is 0 Å². The molecule has 0 unspecified atom stereocenters. The van der Waals surface area contributed by atoms with Gasteiger partial charge in [0.1, 0.15) is 12.4 Å². The normalized spacial score (nSPS) is 10.5. The predicted octanol–water partition coefficient (Wildman–Crippen LogP) is 4.21. The van der Waals surface area contributed by atoms with Gasteiger partial charge in [0.15, 0.2) is 11.5 Å². The molecular weight excluding hydrogens is 318 g/mol. The Morgan fingerprint density at radius 2 is 1.90 bits per heavy atom. The lowest BCUT2D eigenvalue weighted by molar-refractivity contribution is 0.274. The number of ether oxygens (including phenoxy) is 2. The van der Waals surface area contributed by atoms with Gasteiger partial charge in [-0.15, -0.1) is 0 Å². The third-order valence-electron chi connectivity index (χ3n) is 2.86. The largest absolute Gasteiger partial charge is 0.493 e. The first-order chi connectivity index (χ1) is 10.0. The van der Waals surface area contributed by atoms with Gasteiger partial charge in [-0.2, -0.15) is 0 Å². The van der Waals surface area contributed by atoms with Crippen LogP contribution in [0.5, 0.6) is 11.5 Å². The van der Waals surface area contributed by atoms with Crippen molar-refractivity contribution in [2.24, 2.45) is 0 Å². The highest BCUT2D eigenvalue weighted by Crippen LogP contribution is 2.37. The summed E-state index contributed by atoms with van der Waals surface area (Å²) in [5, 5.41) is 9.73. The molecule has 0 aliphatic rings. The molecule has 0 atom stereocenters. The van der Waals surface area contributed by atoms with E-state index < -0.39 is 5.82 Å². The number of hydrogen-bond donors (Lipinski definition) is 1. The Hall–Kier alpha value is -1.49. The molecule has 0 fully saturated rings. The fourth-order valence-corrected chi connectivity index (χ4v) is 2.30. The lowest BCUT2D eigenvalue weighted by Gasteiger charge is -2.14. The molecule has 2 rings (SSSR count). The average Bonchev–Trinajstić information content (AvgIpc) is 2.46. The van der Waals surface area contributed by atoms with Crippen molar-refractivity contribution in [3.8, 4) is 11.5 Å². The molecule has 0 amide bonds. The maximum Gasteiger partial charge on any atom is 0.180 e. The van der Waals surface area contributed by atoms with Crippen LogP contribution in [0.25, 0.3) is 0 Å². The first-order valence-electron chi connectivity index (χ1n) is 6.09. The van der Waals surface area contributed by atoms with E-state index in [1.165, 1.54) is 19.2 Å². The zero-order valence-electron chi connectivity index (χ0n) is 11.2. The van der Waals surface area contributed by atoms with Gasteiger partial charge in [0, 0.05) is 5.56 Å². The van der Waals surface area contributed by atoms with Gasteiger partial charge in [-0.05, 0) is 29.8 Å².